The third-order valence-electron chi connectivity index (χ3n) is 4.67. The topological polar surface area (TPSA) is 72.1 Å². The average molecular weight is 348 g/mol. The monoisotopic (exact) mass is 348 g/mol. The molecule has 1 fully saturated rings. The molecule has 3 aromatic rings. The number of aromatic nitrogens is 3. The summed E-state index contributed by atoms with van der Waals surface area (Å²) >= 11 is 0. The van der Waals surface area contributed by atoms with Gasteiger partial charge in [0.2, 0.25) is 5.89 Å². The largest absolute Gasteiger partial charge is 0.443 e. The van der Waals surface area contributed by atoms with Crippen molar-refractivity contribution >= 4 is 5.91 Å². The molecule has 4 rings (SSSR count). The first-order chi connectivity index (χ1) is 12.8. The fourth-order valence-corrected chi connectivity index (χ4v) is 3.37. The van der Waals surface area contributed by atoms with Gasteiger partial charge in [0.15, 0.2) is 0 Å². The van der Waals surface area contributed by atoms with E-state index in [1.54, 1.807) is 12.3 Å². The molecule has 0 saturated carbocycles. The molecule has 1 atom stereocenters. The molecule has 1 aliphatic rings. The predicted octanol–water partition coefficient (Wildman–Crippen LogP) is 3.42. The highest BCUT2D eigenvalue weighted by Crippen LogP contribution is 2.32. The molecule has 6 heteroatoms. The molecule has 1 amide bonds. The standard InChI is InChI=1S/C20H20N4O2/c25-20(16-9-10-22-23-13-16)24-11-5-4-8-18(24)19-21-14-17(26-19)12-15-6-2-1-3-7-15/h1-3,6-7,9-10,13-14,18H,4-5,8,11-12H2. The maximum atomic E-state index is 12.9. The van der Waals surface area contributed by atoms with Gasteiger partial charge in [-0.05, 0) is 30.9 Å². The van der Waals surface area contributed by atoms with E-state index in [0.717, 1.165) is 25.0 Å². The molecule has 132 valence electrons. The minimum Gasteiger partial charge on any atom is -0.443 e. The first kappa shape index (κ1) is 16.4. The van der Waals surface area contributed by atoms with Gasteiger partial charge in [-0.1, -0.05) is 30.3 Å². The lowest BCUT2D eigenvalue weighted by Crippen LogP contribution is -2.38. The SMILES string of the molecule is O=C(c1ccnnc1)N1CCCCC1c1ncc(Cc2ccccc2)o1. The van der Waals surface area contributed by atoms with Crippen molar-refractivity contribution in [2.24, 2.45) is 0 Å². The zero-order valence-electron chi connectivity index (χ0n) is 14.4. The molecule has 0 N–H and O–H groups in total. The van der Waals surface area contributed by atoms with Crippen molar-refractivity contribution in [3.8, 4) is 0 Å². The molecular formula is C20H20N4O2. The number of rotatable bonds is 4. The van der Waals surface area contributed by atoms with Crippen LogP contribution in [0.25, 0.3) is 0 Å². The molecular weight excluding hydrogens is 328 g/mol. The molecule has 0 aliphatic carbocycles. The first-order valence-electron chi connectivity index (χ1n) is 8.87. The van der Waals surface area contributed by atoms with Gasteiger partial charge in [0, 0.05) is 13.0 Å². The molecule has 0 radical (unpaired) electrons. The van der Waals surface area contributed by atoms with Gasteiger partial charge in [-0.2, -0.15) is 10.2 Å². The lowest BCUT2D eigenvalue weighted by Gasteiger charge is -2.33. The number of hydrogen-bond donors (Lipinski definition) is 0. The fraction of sp³-hybridized carbons (Fsp3) is 0.300. The van der Waals surface area contributed by atoms with E-state index in [4.69, 9.17) is 4.42 Å². The van der Waals surface area contributed by atoms with Crippen LogP contribution < -0.4 is 0 Å². The molecule has 1 unspecified atom stereocenters. The Balaban J connectivity index is 1.54. The molecule has 0 spiro atoms. The van der Waals surface area contributed by atoms with Crippen molar-refractivity contribution in [2.75, 3.05) is 6.54 Å². The average Bonchev–Trinajstić information content (AvgIpc) is 3.17. The Morgan fingerprint density at radius 2 is 2.00 bits per heavy atom. The second-order valence-electron chi connectivity index (χ2n) is 6.47. The lowest BCUT2D eigenvalue weighted by atomic mass is 10.0. The number of hydrogen-bond acceptors (Lipinski definition) is 5. The number of nitrogens with zero attached hydrogens (tertiary/aromatic N) is 4. The van der Waals surface area contributed by atoms with Crippen molar-refractivity contribution in [1.82, 2.24) is 20.1 Å². The van der Waals surface area contributed by atoms with Crippen LogP contribution in [-0.2, 0) is 6.42 Å². The summed E-state index contributed by atoms with van der Waals surface area (Å²) in [6.07, 6.45) is 8.41. The summed E-state index contributed by atoms with van der Waals surface area (Å²) in [4.78, 5) is 19.2. The highest BCUT2D eigenvalue weighted by atomic mass is 16.4. The van der Waals surface area contributed by atoms with Crippen molar-refractivity contribution in [3.63, 3.8) is 0 Å². The quantitative estimate of drug-likeness (QED) is 0.722. The molecule has 6 nitrogen and oxygen atoms in total. The number of piperidine rings is 1. The number of likely N-dealkylation sites (tertiary alicyclic amines) is 1. The maximum Gasteiger partial charge on any atom is 0.256 e. The van der Waals surface area contributed by atoms with Crippen LogP contribution >= 0.6 is 0 Å². The van der Waals surface area contributed by atoms with Crippen LogP contribution in [0.4, 0.5) is 0 Å². The van der Waals surface area contributed by atoms with Gasteiger partial charge in [-0.15, -0.1) is 0 Å². The third-order valence-corrected chi connectivity index (χ3v) is 4.67. The number of carbonyl (C=O) groups excluding carboxylic acids is 1. The Morgan fingerprint density at radius 3 is 2.81 bits per heavy atom. The maximum absolute atomic E-state index is 12.9. The summed E-state index contributed by atoms with van der Waals surface area (Å²) in [5.41, 5.74) is 1.72. The van der Waals surface area contributed by atoms with Gasteiger partial charge in [-0.3, -0.25) is 4.79 Å². The Bertz CT molecular complexity index is 864. The highest BCUT2D eigenvalue weighted by Gasteiger charge is 2.32. The summed E-state index contributed by atoms with van der Waals surface area (Å²) in [5.74, 6) is 1.38. The van der Waals surface area contributed by atoms with Crippen LogP contribution in [0.1, 0.15) is 52.9 Å². The number of carbonyl (C=O) groups is 1. The molecule has 26 heavy (non-hydrogen) atoms. The van der Waals surface area contributed by atoms with Gasteiger partial charge in [0.1, 0.15) is 11.8 Å². The molecule has 2 aromatic heterocycles. The molecule has 3 heterocycles. The second kappa shape index (κ2) is 7.47. The van der Waals surface area contributed by atoms with E-state index in [0.29, 0.717) is 24.4 Å². The Kier molecular flexibility index (Phi) is 4.73. The van der Waals surface area contributed by atoms with Crippen LogP contribution in [0.5, 0.6) is 0 Å². The van der Waals surface area contributed by atoms with Crippen LogP contribution in [0.3, 0.4) is 0 Å². The minimum absolute atomic E-state index is 0.0487. The van der Waals surface area contributed by atoms with Crippen LogP contribution in [-0.4, -0.2) is 32.5 Å². The smallest absolute Gasteiger partial charge is 0.256 e. The predicted molar refractivity (Wildman–Crippen MR) is 95.4 cm³/mol. The highest BCUT2D eigenvalue weighted by molar-refractivity contribution is 5.94. The van der Waals surface area contributed by atoms with E-state index >= 15 is 0 Å². The summed E-state index contributed by atoms with van der Waals surface area (Å²) < 4.78 is 6.01. The van der Waals surface area contributed by atoms with Gasteiger partial charge < -0.3 is 9.32 Å². The molecule has 1 aliphatic heterocycles. The van der Waals surface area contributed by atoms with Crippen LogP contribution in [0, 0.1) is 0 Å². The van der Waals surface area contributed by atoms with Crippen LogP contribution in [0.15, 0.2) is 59.4 Å². The number of oxazole rings is 1. The second-order valence-corrected chi connectivity index (χ2v) is 6.47. The minimum atomic E-state index is -0.131. The van der Waals surface area contributed by atoms with E-state index in [1.165, 1.54) is 18.0 Å². The lowest BCUT2D eigenvalue weighted by molar-refractivity contribution is 0.0569. The van der Waals surface area contributed by atoms with Crippen molar-refractivity contribution < 1.29 is 9.21 Å². The van der Waals surface area contributed by atoms with E-state index in [1.807, 2.05) is 23.1 Å². The number of amides is 1. The Morgan fingerprint density at radius 1 is 1.12 bits per heavy atom. The summed E-state index contributed by atoms with van der Waals surface area (Å²) in [6.45, 7) is 0.697. The number of benzene rings is 1. The van der Waals surface area contributed by atoms with Crippen molar-refractivity contribution in [1.29, 1.82) is 0 Å². The normalized spacial score (nSPS) is 17.2. The van der Waals surface area contributed by atoms with Gasteiger partial charge >= 0.3 is 0 Å². The van der Waals surface area contributed by atoms with Crippen molar-refractivity contribution in [3.05, 3.63) is 77.8 Å². The fourth-order valence-electron chi connectivity index (χ4n) is 3.37. The zero-order valence-corrected chi connectivity index (χ0v) is 14.4. The van der Waals surface area contributed by atoms with Crippen molar-refractivity contribution in [2.45, 2.75) is 31.7 Å². The van der Waals surface area contributed by atoms with E-state index in [2.05, 4.69) is 27.3 Å². The molecule has 1 saturated heterocycles. The summed E-state index contributed by atoms with van der Waals surface area (Å²) in [6, 6.07) is 11.7. The summed E-state index contributed by atoms with van der Waals surface area (Å²) in [7, 11) is 0. The van der Waals surface area contributed by atoms with E-state index < -0.39 is 0 Å². The third kappa shape index (κ3) is 3.49. The van der Waals surface area contributed by atoms with E-state index in [9.17, 15) is 4.79 Å². The zero-order chi connectivity index (χ0) is 17.8. The Hall–Kier alpha value is -3.02. The van der Waals surface area contributed by atoms with Gasteiger partial charge in [0.25, 0.3) is 5.91 Å². The van der Waals surface area contributed by atoms with Crippen LogP contribution in [0.2, 0.25) is 0 Å². The van der Waals surface area contributed by atoms with Gasteiger partial charge in [-0.25, -0.2) is 4.98 Å². The summed E-state index contributed by atoms with van der Waals surface area (Å²) in [5, 5.41) is 7.55. The first-order valence-corrected chi connectivity index (χ1v) is 8.87. The molecule has 0 bridgehead atoms. The van der Waals surface area contributed by atoms with Gasteiger partial charge in [0.05, 0.1) is 24.2 Å². The molecule has 1 aromatic carbocycles. The van der Waals surface area contributed by atoms with E-state index in [-0.39, 0.29) is 11.9 Å². The Labute approximate surface area is 151 Å².